The maximum absolute atomic E-state index is 13.0. The molecule has 0 saturated carbocycles. The predicted octanol–water partition coefficient (Wildman–Crippen LogP) is 4.86. The highest BCUT2D eigenvalue weighted by Gasteiger charge is 2.43. The molecule has 2 aromatic rings. The third-order valence-corrected chi connectivity index (χ3v) is 5.55. The number of amides is 1. The molecule has 1 aliphatic rings. The number of hydrogen-bond donors (Lipinski definition) is 1. The van der Waals surface area contributed by atoms with Crippen molar-refractivity contribution in [2.24, 2.45) is 0 Å². The second-order valence-electron chi connectivity index (χ2n) is 6.79. The van der Waals surface area contributed by atoms with Crippen molar-refractivity contribution in [2.45, 2.75) is 39.2 Å². The second-order valence-corrected chi connectivity index (χ2v) is 7.74. The zero-order valence-corrected chi connectivity index (χ0v) is 16.0. The molecule has 3 rings (SSSR count). The van der Waals surface area contributed by atoms with Gasteiger partial charge in [-0.1, -0.05) is 51.1 Å². The van der Waals surface area contributed by atoms with Crippen LogP contribution in [0.25, 0.3) is 0 Å². The van der Waals surface area contributed by atoms with Crippen LogP contribution in [0.1, 0.15) is 60.0 Å². The molecule has 0 aliphatic carbocycles. The van der Waals surface area contributed by atoms with E-state index in [9.17, 15) is 14.7 Å². The molecule has 5 heteroatoms. The number of nitrogens with zero attached hydrogens (tertiary/aromatic N) is 1. The summed E-state index contributed by atoms with van der Waals surface area (Å²) < 4.78 is 0. The number of aliphatic hydroxyl groups is 1. The molecule has 1 aromatic carbocycles. The molecule has 0 bridgehead atoms. The van der Waals surface area contributed by atoms with Gasteiger partial charge in [0.05, 0.1) is 16.5 Å². The van der Waals surface area contributed by atoms with Crippen molar-refractivity contribution >= 4 is 23.0 Å². The number of carbonyl (C=O) groups excluding carboxylic acids is 2. The van der Waals surface area contributed by atoms with Crippen molar-refractivity contribution < 1.29 is 14.7 Å². The van der Waals surface area contributed by atoms with Gasteiger partial charge in [0.2, 0.25) is 5.78 Å². The van der Waals surface area contributed by atoms with E-state index in [2.05, 4.69) is 13.8 Å². The smallest absolute Gasteiger partial charge is 0.290 e. The Kier molecular flexibility index (Phi) is 5.28. The molecule has 136 valence electrons. The minimum absolute atomic E-state index is 0.184. The first-order chi connectivity index (χ1) is 12.5. The van der Waals surface area contributed by atoms with Gasteiger partial charge in [-0.05, 0) is 34.9 Å². The summed E-state index contributed by atoms with van der Waals surface area (Å²) in [6.07, 6.45) is 0.750. The third kappa shape index (κ3) is 3.19. The van der Waals surface area contributed by atoms with Crippen molar-refractivity contribution in [3.05, 3.63) is 69.1 Å². The fourth-order valence-electron chi connectivity index (χ4n) is 3.31. The Morgan fingerprint density at radius 1 is 1.23 bits per heavy atom. The van der Waals surface area contributed by atoms with Crippen LogP contribution < -0.4 is 0 Å². The summed E-state index contributed by atoms with van der Waals surface area (Å²) in [5.41, 5.74) is 2.22. The molecule has 1 amide bonds. The van der Waals surface area contributed by atoms with Gasteiger partial charge in [0.15, 0.2) is 5.76 Å². The van der Waals surface area contributed by atoms with Gasteiger partial charge in [-0.2, -0.15) is 0 Å². The van der Waals surface area contributed by atoms with Crippen molar-refractivity contribution in [2.75, 3.05) is 6.54 Å². The predicted molar refractivity (Wildman–Crippen MR) is 104 cm³/mol. The summed E-state index contributed by atoms with van der Waals surface area (Å²) in [6, 6.07) is 10.9. The summed E-state index contributed by atoms with van der Waals surface area (Å²) in [6.45, 7) is 6.70. The number of hydrogen-bond acceptors (Lipinski definition) is 4. The number of benzene rings is 1. The molecule has 26 heavy (non-hydrogen) atoms. The fraction of sp³-hybridized carbons (Fsp3) is 0.333. The second kappa shape index (κ2) is 7.46. The zero-order valence-electron chi connectivity index (χ0n) is 15.2. The van der Waals surface area contributed by atoms with Crippen LogP contribution in [0.15, 0.2) is 53.1 Å². The number of aliphatic hydroxyl groups excluding tert-OH is 1. The highest BCUT2D eigenvalue weighted by Crippen LogP contribution is 2.39. The molecule has 0 fully saturated rings. The van der Waals surface area contributed by atoms with Crippen LogP contribution in [0.3, 0.4) is 0 Å². The average molecular weight is 369 g/mol. The Morgan fingerprint density at radius 2 is 1.92 bits per heavy atom. The lowest BCUT2D eigenvalue weighted by molar-refractivity contribution is -0.129. The quantitative estimate of drug-likeness (QED) is 0.740. The molecule has 2 heterocycles. The zero-order chi connectivity index (χ0) is 18.8. The number of Topliss-reactive ketones (excluding diaryl/α,β-unsaturated/α-hetero) is 1. The number of thiophene rings is 1. The van der Waals surface area contributed by atoms with E-state index in [1.807, 2.05) is 36.6 Å². The van der Waals surface area contributed by atoms with Crippen molar-refractivity contribution in [1.29, 1.82) is 0 Å². The van der Waals surface area contributed by atoms with Gasteiger partial charge < -0.3 is 10.0 Å². The standard InChI is InChI=1S/C21H23NO3S/c1-4-11-22-18(15-9-7-14(8-10-15)13(2)3)17(20(24)21(22)25)19(23)16-6-5-12-26-16/h5-10,12-13,18,24H,4,11H2,1-3H3. The number of rotatable bonds is 6. The summed E-state index contributed by atoms with van der Waals surface area (Å²) in [5.74, 6) is -0.765. The minimum Gasteiger partial charge on any atom is -0.503 e. The lowest BCUT2D eigenvalue weighted by Crippen LogP contribution is -2.31. The maximum Gasteiger partial charge on any atom is 0.290 e. The molecule has 1 aromatic heterocycles. The van der Waals surface area contributed by atoms with E-state index >= 15 is 0 Å². The molecule has 0 radical (unpaired) electrons. The highest BCUT2D eigenvalue weighted by molar-refractivity contribution is 7.12. The Labute approximate surface area is 157 Å². The Bertz CT molecular complexity index is 835. The maximum atomic E-state index is 13.0. The van der Waals surface area contributed by atoms with Crippen LogP contribution >= 0.6 is 11.3 Å². The summed E-state index contributed by atoms with van der Waals surface area (Å²) in [7, 11) is 0. The van der Waals surface area contributed by atoms with Crippen LogP contribution in [-0.4, -0.2) is 28.2 Å². The Morgan fingerprint density at radius 3 is 2.46 bits per heavy atom. The lowest BCUT2D eigenvalue weighted by Gasteiger charge is -2.26. The molecule has 0 spiro atoms. The van der Waals surface area contributed by atoms with Gasteiger partial charge in [0.1, 0.15) is 0 Å². The van der Waals surface area contributed by atoms with Gasteiger partial charge in [-0.25, -0.2) is 0 Å². The van der Waals surface area contributed by atoms with Crippen molar-refractivity contribution in [1.82, 2.24) is 4.90 Å². The largest absolute Gasteiger partial charge is 0.503 e. The number of ketones is 1. The van der Waals surface area contributed by atoms with E-state index in [-0.39, 0.29) is 11.4 Å². The Hall–Kier alpha value is -2.40. The van der Waals surface area contributed by atoms with Gasteiger partial charge in [0.25, 0.3) is 5.91 Å². The average Bonchev–Trinajstić information content (AvgIpc) is 3.25. The van der Waals surface area contributed by atoms with E-state index < -0.39 is 17.7 Å². The van der Waals surface area contributed by atoms with E-state index in [0.29, 0.717) is 17.3 Å². The van der Waals surface area contributed by atoms with Gasteiger partial charge in [-0.3, -0.25) is 9.59 Å². The number of carbonyl (C=O) groups is 2. The van der Waals surface area contributed by atoms with E-state index in [4.69, 9.17) is 0 Å². The topological polar surface area (TPSA) is 57.6 Å². The van der Waals surface area contributed by atoms with Crippen molar-refractivity contribution in [3.8, 4) is 0 Å². The van der Waals surface area contributed by atoms with E-state index in [1.54, 1.807) is 17.0 Å². The minimum atomic E-state index is -0.543. The molecular weight excluding hydrogens is 346 g/mol. The van der Waals surface area contributed by atoms with Crippen LogP contribution in [0.4, 0.5) is 0 Å². The van der Waals surface area contributed by atoms with Crippen LogP contribution in [-0.2, 0) is 4.79 Å². The Balaban J connectivity index is 2.07. The van der Waals surface area contributed by atoms with Gasteiger partial charge >= 0.3 is 0 Å². The van der Waals surface area contributed by atoms with Crippen LogP contribution in [0, 0.1) is 0 Å². The SMILES string of the molecule is CCCN1C(=O)C(O)=C(C(=O)c2cccs2)C1c1ccc(C(C)C)cc1. The molecule has 1 unspecified atom stereocenters. The highest BCUT2D eigenvalue weighted by atomic mass is 32.1. The summed E-state index contributed by atoms with van der Waals surface area (Å²) in [4.78, 5) is 27.7. The van der Waals surface area contributed by atoms with Gasteiger partial charge in [-0.15, -0.1) is 11.3 Å². The monoisotopic (exact) mass is 369 g/mol. The van der Waals surface area contributed by atoms with Crippen LogP contribution in [0.5, 0.6) is 0 Å². The van der Waals surface area contributed by atoms with Gasteiger partial charge in [0, 0.05) is 6.54 Å². The molecule has 0 saturated heterocycles. The molecule has 1 aliphatic heterocycles. The first-order valence-electron chi connectivity index (χ1n) is 8.87. The van der Waals surface area contributed by atoms with E-state index in [0.717, 1.165) is 12.0 Å². The molecular formula is C21H23NO3S. The molecule has 4 nitrogen and oxygen atoms in total. The normalized spacial score (nSPS) is 17.5. The van der Waals surface area contributed by atoms with E-state index in [1.165, 1.54) is 16.9 Å². The van der Waals surface area contributed by atoms with Crippen LogP contribution in [0.2, 0.25) is 0 Å². The third-order valence-electron chi connectivity index (χ3n) is 4.68. The first-order valence-corrected chi connectivity index (χ1v) is 9.75. The lowest BCUT2D eigenvalue weighted by atomic mass is 9.93. The van der Waals surface area contributed by atoms with Crippen molar-refractivity contribution in [3.63, 3.8) is 0 Å². The first kappa shape index (κ1) is 18.4. The summed E-state index contributed by atoms with van der Waals surface area (Å²) >= 11 is 1.31. The molecule has 1 atom stereocenters. The molecule has 1 N–H and O–H groups in total. The fourth-order valence-corrected chi connectivity index (χ4v) is 3.99. The summed E-state index contributed by atoms with van der Waals surface area (Å²) in [5, 5.41) is 12.3.